The standard InChI is InChI=1S/C18H21NO4S/c1-13(18(20)21)7-3-2-4-12-19-15-10-5-8-14-9-6-11-16(17(14)15)24(19,22)23/h5-6,8-11,13H,2-4,7,12H2,1H3,(H,20,21). The molecule has 0 fully saturated rings. The number of anilines is 1. The average Bonchev–Trinajstić information content (AvgIpc) is 2.77. The van der Waals surface area contributed by atoms with Gasteiger partial charge in [0.2, 0.25) is 0 Å². The van der Waals surface area contributed by atoms with Crippen LogP contribution in [0.4, 0.5) is 5.69 Å². The Morgan fingerprint density at radius 3 is 2.54 bits per heavy atom. The van der Waals surface area contributed by atoms with Crippen molar-refractivity contribution in [3.63, 3.8) is 0 Å². The summed E-state index contributed by atoms with van der Waals surface area (Å²) in [6.07, 6.45) is 2.95. The fraction of sp³-hybridized carbons (Fsp3) is 0.389. The Bertz CT molecular complexity index is 870. The SMILES string of the molecule is CC(CCCCCN1c2cccc3cccc(c23)S1(=O)=O)C(=O)O. The van der Waals surface area contributed by atoms with Gasteiger partial charge in [0.25, 0.3) is 10.0 Å². The smallest absolute Gasteiger partial charge is 0.306 e. The zero-order valence-corrected chi connectivity index (χ0v) is 14.4. The summed E-state index contributed by atoms with van der Waals surface area (Å²) in [5.41, 5.74) is 0.752. The number of hydrogen-bond acceptors (Lipinski definition) is 3. The first kappa shape index (κ1) is 16.8. The molecule has 1 unspecified atom stereocenters. The molecule has 0 bridgehead atoms. The Morgan fingerprint density at radius 1 is 1.12 bits per heavy atom. The van der Waals surface area contributed by atoms with E-state index in [4.69, 9.17) is 5.11 Å². The first-order valence-corrected chi connectivity index (χ1v) is 9.64. The van der Waals surface area contributed by atoms with E-state index in [0.717, 1.165) is 35.7 Å². The minimum atomic E-state index is -3.48. The molecular weight excluding hydrogens is 326 g/mol. The summed E-state index contributed by atoms with van der Waals surface area (Å²) >= 11 is 0. The van der Waals surface area contributed by atoms with Crippen LogP contribution in [0.2, 0.25) is 0 Å². The van der Waals surface area contributed by atoms with Gasteiger partial charge in [0, 0.05) is 11.9 Å². The molecule has 0 radical (unpaired) electrons. The van der Waals surface area contributed by atoms with Gasteiger partial charge in [0.15, 0.2) is 0 Å². The van der Waals surface area contributed by atoms with E-state index in [1.54, 1.807) is 19.1 Å². The van der Waals surface area contributed by atoms with Gasteiger partial charge >= 0.3 is 5.97 Å². The van der Waals surface area contributed by atoms with Crippen molar-refractivity contribution in [1.29, 1.82) is 0 Å². The third-order valence-electron chi connectivity index (χ3n) is 4.60. The first-order chi connectivity index (χ1) is 11.4. The highest BCUT2D eigenvalue weighted by atomic mass is 32.2. The maximum absolute atomic E-state index is 12.8. The van der Waals surface area contributed by atoms with E-state index in [1.165, 1.54) is 4.31 Å². The molecule has 5 nitrogen and oxygen atoms in total. The van der Waals surface area contributed by atoms with Crippen LogP contribution in [0, 0.1) is 5.92 Å². The van der Waals surface area contributed by atoms with E-state index in [2.05, 4.69) is 0 Å². The molecule has 128 valence electrons. The number of sulfonamides is 1. The third-order valence-corrected chi connectivity index (χ3v) is 6.46. The van der Waals surface area contributed by atoms with Crippen molar-refractivity contribution >= 4 is 32.5 Å². The normalized spacial score (nSPS) is 16.5. The molecule has 1 aliphatic heterocycles. The monoisotopic (exact) mass is 347 g/mol. The lowest BCUT2D eigenvalue weighted by Gasteiger charge is -2.18. The van der Waals surface area contributed by atoms with E-state index in [-0.39, 0.29) is 5.92 Å². The second-order valence-electron chi connectivity index (χ2n) is 6.30. The molecule has 0 spiro atoms. The van der Waals surface area contributed by atoms with E-state index < -0.39 is 16.0 Å². The largest absolute Gasteiger partial charge is 0.481 e. The van der Waals surface area contributed by atoms with Gasteiger partial charge in [-0.25, -0.2) is 8.42 Å². The van der Waals surface area contributed by atoms with E-state index in [0.29, 0.717) is 17.9 Å². The molecule has 2 aromatic carbocycles. The number of aliphatic carboxylic acids is 1. The van der Waals surface area contributed by atoms with Crippen molar-refractivity contribution in [1.82, 2.24) is 0 Å². The number of carbonyl (C=O) groups is 1. The highest BCUT2D eigenvalue weighted by Crippen LogP contribution is 2.41. The fourth-order valence-electron chi connectivity index (χ4n) is 3.21. The number of benzene rings is 2. The Balaban J connectivity index is 1.70. The second-order valence-corrected chi connectivity index (χ2v) is 8.13. The van der Waals surface area contributed by atoms with Crippen molar-refractivity contribution in [2.45, 2.75) is 37.5 Å². The molecule has 1 atom stereocenters. The van der Waals surface area contributed by atoms with Crippen molar-refractivity contribution in [3.8, 4) is 0 Å². The van der Waals surface area contributed by atoms with Crippen LogP contribution in [0.3, 0.4) is 0 Å². The number of hydrogen-bond donors (Lipinski definition) is 1. The van der Waals surface area contributed by atoms with Crippen LogP contribution in [0.1, 0.15) is 32.6 Å². The minimum absolute atomic E-state index is 0.349. The number of rotatable bonds is 7. The highest BCUT2D eigenvalue weighted by Gasteiger charge is 2.34. The van der Waals surface area contributed by atoms with E-state index in [1.807, 2.05) is 24.3 Å². The maximum atomic E-state index is 12.8. The van der Waals surface area contributed by atoms with Crippen LogP contribution in [-0.4, -0.2) is 26.0 Å². The predicted molar refractivity (Wildman–Crippen MR) is 93.7 cm³/mol. The number of unbranched alkanes of at least 4 members (excludes halogenated alkanes) is 2. The molecule has 0 aromatic heterocycles. The second kappa shape index (κ2) is 6.43. The summed E-state index contributed by atoms with van der Waals surface area (Å²) in [4.78, 5) is 11.2. The number of carboxylic acids is 1. The van der Waals surface area contributed by atoms with Crippen molar-refractivity contribution in [2.75, 3.05) is 10.8 Å². The summed E-state index contributed by atoms with van der Waals surface area (Å²) in [7, 11) is -3.48. The maximum Gasteiger partial charge on any atom is 0.306 e. The first-order valence-electron chi connectivity index (χ1n) is 8.20. The van der Waals surface area contributed by atoms with Gasteiger partial charge in [0.05, 0.1) is 16.5 Å². The van der Waals surface area contributed by atoms with E-state index in [9.17, 15) is 13.2 Å². The summed E-state index contributed by atoms with van der Waals surface area (Å²) in [5, 5.41) is 10.6. The third kappa shape index (κ3) is 2.86. The molecule has 1 aliphatic rings. The lowest BCUT2D eigenvalue weighted by atomic mass is 10.0. The number of nitrogens with zero attached hydrogens (tertiary/aromatic N) is 1. The Labute approximate surface area is 142 Å². The van der Waals surface area contributed by atoms with Crippen LogP contribution in [-0.2, 0) is 14.8 Å². The van der Waals surface area contributed by atoms with Gasteiger partial charge in [-0.05, 0) is 30.4 Å². The molecule has 1 heterocycles. The zero-order chi connectivity index (χ0) is 17.3. The molecule has 2 aromatic rings. The molecule has 6 heteroatoms. The topological polar surface area (TPSA) is 74.7 Å². The molecule has 1 N–H and O–H groups in total. The molecule has 0 amide bonds. The minimum Gasteiger partial charge on any atom is -0.481 e. The van der Waals surface area contributed by atoms with Crippen LogP contribution in [0.15, 0.2) is 41.3 Å². The average molecular weight is 347 g/mol. The van der Waals surface area contributed by atoms with Gasteiger partial charge in [-0.1, -0.05) is 44.0 Å². The van der Waals surface area contributed by atoms with Crippen LogP contribution >= 0.6 is 0 Å². The van der Waals surface area contributed by atoms with Crippen molar-refractivity contribution in [2.24, 2.45) is 5.92 Å². The lowest BCUT2D eigenvalue weighted by Crippen LogP contribution is -2.28. The van der Waals surface area contributed by atoms with Crippen molar-refractivity contribution in [3.05, 3.63) is 36.4 Å². The van der Waals surface area contributed by atoms with Gasteiger partial charge in [-0.3, -0.25) is 9.10 Å². The molecule has 3 rings (SSSR count). The number of carboxylic acid groups (broad SMARTS) is 1. The zero-order valence-electron chi connectivity index (χ0n) is 13.6. The predicted octanol–water partition coefficient (Wildman–Crippen LogP) is 3.63. The molecule has 0 saturated heterocycles. The summed E-state index contributed by atoms with van der Waals surface area (Å²) in [6, 6.07) is 11.0. The summed E-state index contributed by atoms with van der Waals surface area (Å²) in [6.45, 7) is 2.13. The van der Waals surface area contributed by atoms with Gasteiger partial charge < -0.3 is 5.11 Å². The van der Waals surface area contributed by atoms with Gasteiger partial charge in [0.1, 0.15) is 0 Å². The molecule has 24 heavy (non-hydrogen) atoms. The Hall–Kier alpha value is -2.08. The summed E-state index contributed by atoms with van der Waals surface area (Å²) in [5.74, 6) is -1.13. The van der Waals surface area contributed by atoms with Crippen LogP contribution in [0.25, 0.3) is 10.8 Å². The van der Waals surface area contributed by atoms with E-state index >= 15 is 0 Å². The van der Waals surface area contributed by atoms with Crippen LogP contribution < -0.4 is 4.31 Å². The lowest BCUT2D eigenvalue weighted by molar-refractivity contribution is -0.141. The van der Waals surface area contributed by atoms with Crippen molar-refractivity contribution < 1.29 is 18.3 Å². The summed E-state index contributed by atoms with van der Waals surface area (Å²) < 4.78 is 27.0. The quantitative estimate of drug-likeness (QED) is 0.776. The molecular formula is C18H21NO4S. The molecule has 0 saturated carbocycles. The fourth-order valence-corrected chi connectivity index (χ4v) is 4.95. The molecule has 0 aliphatic carbocycles. The Morgan fingerprint density at radius 2 is 1.83 bits per heavy atom. The van der Waals surface area contributed by atoms with Crippen LogP contribution in [0.5, 0.6) is 0 Å². The Kier molecular flexibility index (Phi) is 4.49. The highest BCUT2D eigenvalue weighted by molar-refractivity contribution is 7.93. The van der Waals surface area contributed by atoms with Gasteiger partial charge in [-0.2, -0.15) is 0 Å². The van der Waals surface area contributed by atoms with Gasteiger partial charge in [-0.15, -0.1) is 0 Å².